The lowest BCUT2D eigenvalue weighted by molar-refractivity contribution is 1.23. The summed E-state index contributed by atoms with van der Waals surface area (Å²) in [6.07, 6.45) is 0. The van der Waals surface area contributed by atoms with E-state index in [1.165, 1.54) is 5.56 Å². The van der Waals surface area contributed by atoms with Gasteiger partial charge in [-0.15, -0.1) is 5.11 Å². The molecule has 124 valence electrons. The average molecular weight is 334 g/mol. The van der Waals surface area contributed by atoms with E-state index in [1.54, 1.807) is 0 Å². The first-order valence-electron chi connectivity index (χ1n) is 8.62. The van der Waals surface area contributed by atoms with Gasteiger partial charge in [-0.3, -0.25) is 0 Å². The second-order valence-corrected chi connectivity index (χ2v) is 5.97. The first kappa shape index (κ1) is 16.0. The molecule has 0 heterocycles. The van der Waals surface area contributed by atoms with Crippen LogP contribution in [0.1, 0.15) is 0 Å². The Kier molecular flexibility index (Phi) is 4.66. The summed E-state index contributed by atoms with van der Waals surface area (Å²) in [5.41, 5.74) is 6.26. The minimum Gasteiger partial charge on any atom is -0.151 e. The molecule has 2 nitrogen and oxygen atoms in total. The van der Waals surface area contributed by atoms with E-state index >= 15 is 0 Å². The van der Waals surface area contributed by atoms with Gasteiger partial charge in [-0.05, 0) is 34.9 Å². The van der Waals surface area contributed by atoms with Crippen LogP contribution in [-0.2, 0) is 0 Å². The highest BCUT2D eigenvalue weighted by Crippen LogP contribution is 2.39. The monoisotopic (exact) mass is 334 g/mol. The number of nitrogens with zero attached hydrogens (tertiary/aromatic N) is 2. The maximum absolute atomic E-state index is 4.56. The van der Waals surface area contributed by atoms with E-state index in [4.69, 9.17) is 0 Å². The summed E-state index contributed by atoms with van der Waals surface area (Å²) in [5, 5.41) is 8.99. The van der Waals surface area contributed by atoms with Crippen LogP contribution in [0.15, 0.2) is 119 Å². The van der Waals surface area contributed by atoms with Gasteiger partial charge < -0.3 is 0 Å². The predicted octanol–water partition coefficient (Wildman–Crippen LogP) is 7.44. The summed E-state index contributed by atoms with van der Waals surface area (Å²) in [4.78, 5) is 0. The molecule has 0 saturated heterocycles. The Morgan fingerprint density at radius 1 is 0.423 bits per heavy atom. The van der Waals surface area contributed by atoms with Crippen LogP contribution in [0.2, 0.25) is 0 Å². The number of benzene rings is 4. The molecule has 0 atom stereocenters. The van der Waals surface area contributed by atoms with Crippen molar-refractivity contribution in [2.75, 3.05) is 0 Å². The SMILES string of the molecule is c1ccc(N=Nc2cccc(-c3ccccc3)c2-c2ccccc2)cc1. The zero-order valence-corrected chi connectivity index (χ0v) is 14.3. The van der Waals surface area contributed by atoms with Gasteiger partial charge in [0.2, 0.25) is 0 Å². The van der Waals surface area contributed by atoms with Gasteiger partial charge in [0, 0.05) is 5.56 Å². The van der Waals surface area contributed by atoms with Crippen molar-refractivity contribution in [2.24, 2.45) is 10.2 Å². The Labute approximate surface area is 153 Å². The van der Waals surface area contributed by atoms with Crippen LogP contribution in [0.4, 0.5) is 11.4 Å². The van der Waals surface area contributed by atoms with Gasteiger partial charge in [0.15, 0.2) is 0 Å². The third-order valence-corrected chi connectivity index (χ3v) is 4.22. The molecular formula is C24H18N2. The second-order valence-electron chi connectivity index (χ2n) is 5.97. The second kappa shape index (κ2) is 7.58. The molecule has 0 aromatic heterocycles. The molecule has 0 radical (unpaired) electrons. The van der Waals surface area contributed by atoms with Gasteiger partial charge in [-0.1, -0.05) is 91.0 Å². The lowest BCUT2D eigenvalue weighted by Crippen LogP contribution is -1.86. The molecule has 4 aromatic rings. The summed E-state index contributed by atoms with van der Waals surface area (Å²) in [7, 11) is 0. The Hall–Kier alpha value is -3.52. The van der Waals surface area contributed by atoms with E-state index in [9.17, 15) is 0 Å². The molecule has 0 saturated carbocycles. The first-order valence-corrected chi connectivity index (χ1v) is 8.62. The summed E-state index contributed by atoms with van der Waals surface area (Å²) < 4.78 is 0. The van der Waals surface area contributed by atoms with Crippen molar-refractivity contribution >= 4 is 11.4 Å². The molecule has 4 rings (SSSR count). The Bertz CT molecular complexity index is 1010. The summed E-state index contributed by atoms with van der Waals surface area (Å²) in [6, 6.07) is 36.8. The lowest BCUT2D eigenvalue weighted by Gasteiger charge is -2.12. The van der Waals surface area contributed by atoms with Crippen molar-refractivity contribution in [1.29, 1.82) is 0 Å². The highest BCUT2D eigenvalue weighted by molar-refractivity contribution is 5.90. The van der Waals surface area contributed by atoms with E-state index in [2.05, 4.69) is 64.8 Å². The van der Waals surface area contributed by atoms with Crippen LogP contribution in [0.25, 0.3) is 22.3 Å². The smallest absolute Gasteiger partial charge is 0.0941 e. The maximum Gasteiger partial charge on any atom is 0.0941 e. The van der Waals surface area contributed by atoms with Crippen LogP contribution >= 0.6 is 0 Å². The van der Waals surface area contributed by atoms with Gasteiger partial charge >= 0.3 is 0 Å². The van der Waals surface area contributed by atoms with Crippen molar-refractivity contribution in [3.63, 3.8) is 0 Å². The molecule has 0 aliphatic rings. The topological polar surface area (TPSA) is 24.7 Å². The fourth-order valence-electron chi connectivity index (χ4n) is 3.00. The minimum atomic E-state index is 0.844. The maximum atomic E-state index is 4.56. The highest BCUT2D eigenvalue weighted by Gasteiger charge is 2.12. The lowest BCUT2D eigenvalue weighted by atomic mass is 9.93. The van der Waals surface area contributed by atoms with Crippen LogP contribution < -0.4 is 0 Å². The number of hydrogen-bond donors (Lipinski definition) is 0. The Morgan fingerprint density at radius 2 is 1.00 bits per heavy atom. The van der Waals surface area contributed by atoms with Crippen LogP contribution in [0, 0.1) is 0 Å². The average Bonchev–Trinajstić information content (AvgIpc) is 2.74. The molecule has 0 aliphatic heterocycles. The van der Waals surface area contributed by atoms with Gasteiger partial charge in [0.25, 0.3) is 0 Å². The van der Waals surface area contributed by atoms with Crippen LogP contribution in [0.3, 0.4) is 0 Å². The third-order valence-electron chi connectivity index (χ3n) is 4.22. The Morgan fingerprint density at radius 3 is 1.65 bits per heavy atom. The molecule has 0 amide bonds. The van der Waals surface area contributed by atoms with Crippen molar-refractivity contribution in [3.8, 4) is 22.3 Å². The van der Waals surface area contributed by atoms with Crippen LogP contribution in [0.5, 0.6) is 0 Å². The molecule has 0 spiro atoms. The van der Waals surface area contributed by atoms with Gasteiger partial charge in [-0.2, -0.15) is 5.11 Å². The highest BCUT2D eigenvalue weighted by atomic mass is 15.1. The van der Waals surface area contributed by atoms with Crippen molar-refractivity contribution in [3.05, 3.63) is 109 Å². The van der Waals surface area contributed by atoms with E-state index < -0.39 is 0 Å². The molecular weight excluding hydrogens is 316 g/mol. The summed E-state index contributed by atoms with van der Waals surface area (Å²) in [5.74, 6) is 0. The normalized spacial score (nSPS) is 10.9. The quantitative estimate of drug-likeness (QED) is 0.346. The molecule has 0 bridgehead atoms. The molecule has 4 aromatic carbocycles. The fraction of sp³-hybridized carbons (Fsp3) is 0. The van der Waals surface area contributed by atoms with E-state index in [-0.39, 0.29) is 0 Å². The summed E-state index contributed by atoms with van der Waals surface area (Å²) in [6.45, 7) is 0. The van der Waals surface area contributed by atoms with Gasteiger partial charge in [-0.25, -0.2) is 0 Å². The largest absolute Gasteiger partial charge is 0.151 e. The minimum absolute atomic E-state index is 0.844. The van der Waals surface area contributed by atoms with E-state index in [0.29, 0.717) is 0 Å². The first-order chi connectivity index (χ1) is 12.9. The zero-order valence-electron chi connectivity index (χ0n) is 14.3. The van der Waals surface area contributed by atoms with Crippen LogP contribution in [-0.4, -0.2) is 0 Å². The standard InChI is InChI=1S/C24H18N2/c1-4-11-19(12-5-1)22-17-10-18-23(24(22)20-13-6-2-7-14-20)26-25-21-15-8-3-9-16-21/h1-18H. The number of hydrogen-bond acceptors (Lipinski definition) is 2. The number of azo groups is 1. The zero-order chi connectivity index (χ0) is 17.6. The molecule has 0 fully saturated rings. The number of rotatable bonds is 4. The van der Waals surface area contributed by atoms with Crippen molar-refractivity contribution in [1.82, 2.24) is 0 Å². The van der Waals surface area contributed by atoms with Crippen molar-refractivity contribution in [2.45, 2.75) is 0 Å². The molecule has 0 unspecified atom stereocenters. The Balaban J connectivity index is 1.88. The van der Waals surface area contributed by atoms with Gasteiger partial charge in [0.1, 0.15) is 0 Å². The third kappa shape index (κ3) is 3.45. The van der Waals surface area contributed by atoms with Gasteiger partial charge in [0.05, 0.1) is 11.4 Å². The molecule has 26 heavy (non-hydrogen) atoms. The fourth-order valence-corrected chi connectivity index (χ4v) is 3.00. The van der Waals surface area contributed by atoms with E-state index in [0.717, 1.165) is 28.1 Å². The molecule has 0 N–H and O–H groups in total. The molecule has 2 heteroatoms. The van der Waals surface area contributed by atoms with Crippen molar-refractivity contribution < 1.29 is 0 Å². The predicted molar refractivity (Wildman–Crippen MR) is 108 cm³/mol. The summed E-state index contributed by atoms with van der Waals surface area (Å²) >= 11 is 0. The molecule has 0 aliphatic carbocycles. The van der Waals surface area contributed by atoms with E-state index in [1.807, 2.05) is 54.6 Å².